The van der Waals surface area contributed by atoms with Crippen molar-refractivity contribution < 1.29 is 33.7 Å². The molecule has 3 atom stereocenters. The summed E-state index contributed by atoms with van der Waals surface area (Å²) in [7, 11) is 0. The minimum absolute atomic E-state index is 0.0550. The molecular weight excluding hydrogens is 516 g/mol. The summed E-state index contributed by atoms with van der Waals surface area (Å²) in [6.07, 6.45) is 1.29. The monoisotopic (exact) mass is 558 g/mol. The number of β-amino-alcohol motifs (C(OH)–C–C–N with tert-alkyl or cyclic N) is 1. The number of piperazine rings is 1. The third kappa shape index (κ3) is 6.68. The van der Waals surface area contributed by atoms with E-state index in [4.69, 9.17) is 14.2 Å². The lowest BCUT2D eigenvalue weighted by atomic mass is 9.82. The summed E-state index contributed by atoms with van der Waals surface area (Å²) in [6, 6.07) is 2.54. The van der Waals surface area contributed by atoms with Gasteiger partial charge in [0.15, 0.2) is 0 Å². The van der Waals surface area contributed by atoms with Crippen LogP contribution >= 0.6 is 0 Å². The third-order valence-corrected chi connectivity index (χ3v) is 6.99. The third-order valence-electron chi connectivity index (χ3n) is 6.99. The fourth-order valence-electron chi connectivity index (χ4n) is 5.42. The van der Waals surface area contributed by atoms with Gasteiger partial charge in [0.25, 0.3) is 0 Å². The van der Waals surface area contributed by atoms with Crippen molar-refractivity contribution in [3.8, 4) is 0 Å². The fourth-order valence-corrected chi connectivity index (χ4v) is 5.42. The lowest BCUT2D eigenvalue weighted by molar-refractivity contribution is -0.140. The topological polar surface area (TPSA) is 122 Å². The van der Waals surface area contributed by atoms with Crippen LogP contribution in [0.5, 0.6) is 0 Å². The molecular formula is C29H42N4O7. The Morgan fingerprint density at radius 1 is 1.00 bits per heavy atom. The molecule has 4 rings (SSSR count). The van der Waals surface area contributed by atoms with Gasteiger partial charge in [-0.3, -0.25) is 4.90 Å². The Hall–Kier alpha value is -3.34. The van der Waals surface area contributed by atoms with Gasteiger partial charge in [0.2, 0.25) is 0 Å². The lowest BCUT2D eigenvalue weighted by Gasteiger charge is -2.50. The Kier molecular flexibility index (Phi) is 8.35. The van der Waals surface area contributed by atoms with E-state index in [9.17, 15) is 19.5 Å². The molecule has 2 fully saturated rings. The number of aliphatic hydroxyl groups is 1. The molecule has 0 unspecified atom stereocenters. The molecule has 0 saturated carbocycles. The molecule has 11 nitrogen and oxygen atoms in total. The van der Waals surface area contributed by atoms with E-state index in [2.05, 4.69) is 4.98 Å². The maximum absolute atomic E-state index is 13.5. The first-order chi connectivity index (χ1) is 18.7. The van der Waals surface area contributed by atoms with E-state index in [1.54, 1.807) is 64.5 Å². The Balaban J connectivity index is 1.75. The van der Waals surface area contributed by atoms with Crippen molar-refractivity contribution in [2.24, 2.45) is 0 Å². The standard InChI is InChI=1S/C29H42N4O7/c1-8-38-25(35)24-21(18-9-10-23(30-14-18)31-12-11-20(34)16-31)13-19-15-32(26(36)39-28(2,3)4)17-22(24)33(19)27(37)40-29(5,6)7/h9-10,14,19-20,22,34H,8,11-13,15-17H2,1-7H3/t19-,20-,22-/m0/s1. The molecule has 11 heteroatoms. The molecule has 40 heavy (non-hydrogen) atoms. The van der Waals surface area contributed by atoms with Gasteiger partial charge >= 0.3 is 18.2 Å². The molecule has 0 aromatic carbocycles. The van der Waals surface area contributed by atoms with Crippen molar-refractivity contribution in [1.82, 2.24) is 14.8 Å². The first-order valence-electron chi connectivity index (χ1n) is 14.0. The number of carbonyl (C=O) groups excluding carboxylic acids is 3. The van der Waals surface area contributed by atoms with Crippen molar-refractivity contribution in [2.45, 2.75) is 90.7 Å². The zero-order chi connectivity index (χ0) is 29.4. The number of rotatable bonds is 4. The van der Waals surface area contributed by atoms with Crippen LogP contribution in [0.4, 0.5) is 15.4 Å². The fraction of sp³-hybridized carbons (Fsp3) is 0.655. The van der Waals surface area contributed by atoms with Gasteiger partial charge in [-0.2, -0.15) is 0 Å². The quantitative estimate of drug-likeness (QED) is 0.436. The highest BCUT2D eigenvalue weighted by Gasteiger charge is 2.49. The maximum atomic E-state index is 13.5. The van der Waals surface area contributed by atoms with Crippen molar-refractivity contribution in [3.63, 3.8) is 0 Å². The first kappa shape index (κ1) is 29.6. The highest BCUT2D eigenvalue weighted by atomic mass is 16.6. The number of carbonyl (C=O) groups is 3. The number of hydrogen-bond donors (Lipinski definition) is 1. The average molecular weight is 559 g/mol. The number of aromatic nitrogens is 1. The summed E-state index contributed by atoms with van der Waals surface area (Å²) >= 11 is 0. The number of aliphatic hydroxyl groups excluding tert-OH is 1. The van der Waals surface area contributed by atoms with Gasteiger partial charge in [0, 0.05) is 32.4 Å². The van der Waals surface area contributed by atoms with Crippen LogP contribution in [-0.4, -0.2) is 100 Å². The Bertz CT molecular complexity index is 1150. The first-order valence-corrected chi connectivity index (χ1v) is 14.0. The predicted molar refractivity (Wildman–Crippen MR) is 149 cm³/mol. The van der Waals surface area contributed by atoms with Crippen molar-refractivity contribution in [3.05, 3.63) is 29.5 Å². The Labute approximate surface area is 236 Å². The minimum Gasteiger partial charge on any atom is -0.463 e. The number of ether oxygens (including phenoxy) is 3. The zero-order valence-corrected chi connectivity index (χ0v) is 24.6. The lowest BCUT2D eigenvalue weighted by Crippen LogP contribution is -2.65. The average Bonchev–Trinajstić information content (AvgIpc) is 3.27. The van der Waals surface area contributed by atoms with E-state index in [0.717, 1.165) is 23.5 Å². The van der Waals surface area contributed by atoms with Crippen LogP contribution in [-0.2, 0) is 19.0 Å². The van der Waals surface area contributed by atoms with Gasteiger partial charge < -0.3 is 29.1 Å². The Morgan fingerprint density at radius 3 is 2.23 bits per heavy atom. The second-order valence-corrected chi connectivity index (χ2v) is 12.6. The second kappa shape index (κ2) is 11.3. The normalized spacial score (nSPS) is 23.3. The molecule has 1 aromatic rings. The number of amides is 2. The SMILES string of the molecule is CCOC(=O)C1=C(c2ccc(N3CC[C@H](O)C3)nc2)C[C@H]2CN(C(=O)OC(C)(C)C)C[C@@H]1N2C(=O)OC(C)(C)C. The Morgan fingerprint density at radius 2 is 1.68 bits per heavy atom. The molecule has 3 aliphatic heterocycles. The number of nitrogens with zero attached hydrogens (tertiary/aromatic N) is 4. The zero-order valence-electron chi connectivity index (χ0n) is 24.6. The van der Waals surface area contributed by atoms with Crippen LogP contribution in [0.15, 0.2) is 23.9 Å². The summed E-state index contributed by atoms with van der Waals surface area (Å²) in [4.78, 5) is 49.9. The van der Waals surface area contributed by atoms with Gasteiger partial charge in [-0.1, -0.05) is 0 Å². The van der Waals surface area contributed by atoms with Crippen LogP contribution in [0.1, 0.15) is 66.9 Å². The highest BCUT2D eigenvalue weighted by Crippen LogP contribution is 2.40. The van der Waals surface area contributed by atoms with Gasteiger partial charge in [0.1, 0.15) is 17.0 Å². The highest BCUT2D eigenvalue weighted by molar-refractivity contribution is 6.01. The van der Waals surface area contributed by atoms with Crippen LogP contribution in [0.3, 0.4) is 0 Å². The largest absolute Gasteiger partial charge is 0.463 e. The van der Waals surface area contributed by atoms with Crippen LogP contribution < -0.4 is 4.90 Å². The van der Waals surface area contributed by atoms with E-state index in [-0.39, 0.29) is 25.8 Å². The molecule has 2 amide bonds. The molecule has 2 bridgehead atoms. The van der Waals surface area contributed by atoms with E-state index in [1.807, 2.05) is 17.0 Å². The van der Waals surface area contributed by atoms with Gasteiger partial charge in [-0.05, 0) is 84.6 Å². The molecule has 2 saturated heterocycles. The summed E-state index contributed by atoms with van der Waals surface area (Å²) < 4.78 is 16.8. The van der Waals surface area contributed by atoms with Gasteiger partial charge in [-0.25, -0.2) is 19.4 Å². The molecule has 3 aliphatic rings. The summed E-state index contributed by atoms with van der Waals surface area (Å²) in [5.41, 5.74) is 0.350. The number of pyridine rings is 1. The smallest absolute Gasteiger partial charge is 0.411 e. The van der Waals surface area contributed by atoms with E-state index in [0.29, 0.717) is 25.0 Å². The van der Waals surface area contributed by atoms with E-state index >= 15 is 0 Å². The molecule has 0 aliphatic carbocycles. The molecule has 0 radical (unpaired) electrons. The van der Waals surface area contributed by atoms with E-state index < -0.39 is 41.4 Å². The number of fused-ring (bicyclic) bond motifs is 2. The van der Waals surface area contributed by atoms with Crippen LogP contribution in [0.25, 0.3) is 5.57 Å². The number of hydrogen-bond acceptors (Lipinski definition) is 9. The summed E-state index contributed by atoms with van der Waals surface area (Å²) in [5, 5.41) is 9.91. The molecule has 1 aromatic heterocycles. The van der Waals surface area contributed by atoms with Crippen molar-refractivity contribution >= 4 is 29.5 Å². The summed E-state index contributed by atoms with van der Waals surface area (Å²) in [5.74, 6) is 0.202. The predicted octanol–water partition coefficient (Wildman–Crippen LogP) is 3.60. The molecule has 4 heterocycles. The molecule has 0 spiro atoms. The number of esters is 1. The van der Waals surface area contributed by atoms with E-state index in [1.165, 1.54) is 0 Å². The van der Waals surface area contributed by atoms with Crippen LogP contribution in [0, 0.1) is 0 Å². The minimum atomic E-state index is -0.794. The summed E-state index contributed by atoms with van der Waals surface area (Å²) in [6.45, 7) is 14.2. The maximum Gasteiger partial charge on any atom is 0.411 e. The van der Waals surface area contributed by atoms with Gasteiger partial charge in [0.05, 0.1) is 30.4 Å². The van der Waals surface area contributed by atoms with Crippen molar-refractivity contribution in [2.75, 3.05) is 37.7 Å². The van der Waals surface area contributed by atoms with Crippen LogP contribution in [0.2, 0.25) is 0 Å². The van der Waals surface area contributed by atoms with Gasteiger partial charge in [-0.15, -0.1) is 0 Å². The molecule has 1 N–H and O–H groups in total. The molecule has 220 valence electrons. The second-order valence-electron chi connectivity index (χ2n) is 12.6. The van der Waals surface area contributed by atoms with Crippen molar-refractivity contribution in [1.29, 1.82) is 0 Å². The number of anilines is 1.